The monoisotopic (exact) mass is 354 g/mol. The second kappa shape index (κ2) is 9.04. The summed E-state index contributed by atoms with van der Waals surface area (Å²) in [5.41, 5.74) is 4.18. The third-order valence-corrected chi connectivity index (χ3v) is 3.95. The van der Waals surface area contributed by atoms with E-state index in [0.717, 1.165) is 22.4 Å². The number of nitrogens with zero attached hydrogens (tertiary/aromatic N) is 1. The molecule has 26 heavy (non-hydrogen) atoms. The Kier molecular flexibility index (Phi) is 6.78. The summed E-state index contributed by atoms with van der Waals surface area (Å²) < 4.78 is 5.45. The van der Waals surface area contributed by atoms with E-state index >= 15 is 0 Å². The lowest BCUT2D eigenvalue weighted by Gasteiger charge is -2.22. The van der Waals surface area contributed by atoms with Crippen molar-refractivity contribution in [1.29, 1.82) is 0 Å². The van der Waals surface area contributed by atoms with Crippen LogP contribution in [-0.2, 0) is 9.59 Å². The molecule has 0 atom stereocenters. The van der Waals surface area contributed by atoms with Gasteiger partial charge in [0.15, 0.2) is 6.61 Å². The second-order valence-corrected chi connectivity index (χ2v) is 6.47. The molecule has 0 spiro atoms. The molecule has 0 saturated carbocycles. The SMILES string of the molecule is CC(=O)N(CCNC(=O)COc1ccc(C)cc1)c1cc(C)cc(C)c1. The molecular formula is C21H26N2O3. The number of carbonyl (C=O) groups excluding carboxylic acids is 2. The Balaban J connectivity index is 1.84. The van der Waals surface area contributed by atoms with Crippen molar-refractivity contribution >= 4 is 17.5 Å². The van der Waals surface area contributed by atoms with Crippen LogP contribution in [0.5, 0.6) is 5.75 Å². The average molecular weight is 354 g/mol. The van der Waals surface area contributed by atoms with Gasteiger partial charge < -0.3 is 15.0 Å². The van der Waals surface area contributed by atoms with E-state index in [1.54, 1.807) is 4.90 Å². The maximum atomic E-state index is 12.0. The van der Waals surface area contributed by atoms with E-state index in [4.69, 9.17) is 4.74 Å². The molecular weight excluding hydrogens is 328 g/mol. The van der Waals surface area contributed by atoms with Gasteiger partial charge in [0, 0.05) is 25.7 Å². The van der Waals surface area contributed by atoms with Crippen LogP contribution in [0.3, 0.4) is 0 Å². The lowest BCUT2D eigenvalue weighted by atomic mass is 10.1. The van der Waals surface area contributed by atoms with Crippen molar-refractivity contribution in [2.24, 2.45) is 0 Å². The first kappa shape index (κ1) is 19.5. The summed E-state index contributed by atoms with van der Waals surface area (Å²) in [5, 5.41) is 2.79. The number of hydrogen-bond acceptors (Lipinski definition) is 3. The first-order chi connectivity index (χ1) is 12.3. The van der Waals surface area contributed by atoms with Gasteiger partial charge in [-0.25, -0.2) is 0 Å². The lowest BCUT2D eigenvalue weighted by Crippen LogP contribution is -2.39. The van der Waals surface area contributed by atoms with E-state index in [9.17, 15) is 9.59 Å². The minimum absolute atomic E-state index is 0.0489. The summed E-state index contributed by atoms with van der Waals surface area (Å²) >= 11 is 0. The maximum Gasteiger partial charge on any atom is 0.258 e. The molecule has 2 aromatic rings. The molecule has 0 aliphatic heterocycles. The Hall–Kier alpha value is -2.82. The number of amides is 2. The maximum absolute atomic E-state index is 12.0. The van der Waals surface area contributed by atoms with Gasteiger partial charge in [0.25, 0.3) is 5.91 Å². The summed E-state index contributed by atoms with van der Waals surface area (Å²) in [6, 6.07) is 13.5. The van der Waals surface area contributed by atoms with E-state index in [1.165, 1.54) is 6.92 Å². The van der Waals surface area contributed by atoms with Gasteiger partial charge in [0.05, 0.1) is 0 Å². The molecule has 0 aromatic heterocycles. The number of benzene rings is 2. The van der Waals surface area contributed by atoms with Gasteiger partial charge in [-0.15, -0.1) is 0 Å². The third kappa shape index (κ3) is 5.92. The third-order valence-electron chi connectivity index (χ3n) is 3.95. The zero-order valence-electron chi connectivity index (χ0n) is 15.8. The molecule has 2 aromatic carbocycles. The van der Waals surface area contributed by atoms with Crippen molar-refractivity contribution in [3.05, 3.63) is 59.2 Å². The quantitative estimate of drug-likeness (QED) is 0.831. The van der Waals surface area contributed by atoms with Crippen molar-refractivity contribution in [2.75, 3.05) is 24.6 Å². The van der Waals surface area contributed by atoms with Crippen LogP contribution in [0.1, 0.15) is 23.6 Å². The van der Waals surface area contributed by atoms with E-state index in [1.807, 2.05) is 57.2 Å². The molecule has 2 rings (SSSR count). The Bertz CT molecular complexity index is 749. The van der Waals surface area contributed by atoms with Crippen LogP contribution in [-0.4, -0.2) is 31.5 Å². The molecule has 0 heterocycles. The predicted octanol–water partition coefficient (Wildman–Crippen LogP) is 3.16. The molecule has 0 unspecified atom stereocenters. The van der Waals surface area contributed by atoms with Gasteiger partial charge in [0.2, 0.25) is 5.91 Å². The van der Waals surface area contributed by atoms with Crippen LogP contribution in [0.2, 0.25) is 0 Å². The van der Waals surface area contributed by atoms with E-state index in [2.05, 4.69) is 11.4 Å². The van der Waals surface area contributed by atoms with Gasteiger partial charge in [-0.3, -0.25) is 9.59 Å². The lowest BCUT2D eigenvalue weighted by molar-refractivity contribution is -0.123. The fraction of sp³-hybridized carbons (Fsp3) is 0.333. The molecule has 0 aliphatic rings. The molecule has 1 N–H and O–H groups in total. The highest BCUT2D eigenvalue weighted by molar-refractivity contribution is 5.91. The number of nitrogens with one attached hydrogen (secondary N) is 1. The highest BCUT2D eigenvalue weighted by Crippen LogP contribution is 2.18. The zero-order chi connectivity index (χ0) is 19.1. The molecule has 0 bridgehead atoms. The van der Waals surface area contributed by atoms with Crippen molar-refractivity contribution in [1.82, 2.24) is 5.32 Å². The molecule has 0 aliphatic carbocycles. The topological polar surface area (TPSA) is 58.6 Å². The average Bonchev–Trinajstić information content (AvgIpc) is 2.57. The predicted molar refractivity (Wildman–Crippen MR) is 104 cm³/mol. The zero-order valence-corrected chi connectivity index (χ0v) is 15.8. The minimum Gasteiger partial charge on any atom is -0.484 e. The second-order valence-electron chi connectivity index (χ2n) is 6.47. The molecule has 5 heteroatoms. The minimum atomic E-state index is -0.213. The molecule has 138 valence electrons. The van der Waals surface area contributed by atoms with Gasteiger partial charge >= 0.3 is 0 Å². The van der Waals surface area contributed by atoms with Crippen LogP contribution in [0, 0.1) is 20.8 Å². The first-order valence-electron chi connectivity index (χ1n) is 8.68. The van der Waals surface area contributed by atoms with Gasteiger partial charge in [-0.2, -0.15) is 0 Å². The van der Waals surface area contributed by atoms with Crippen LogP contribution < -0.4 is 15.0 Å². The van der Waals surface area contributed by atoms with Crippen LogP contribution in [0.25, 0.3) is 0 Å². The molecule has 0 radical (unpaired) electrons. The smallest absolute Gasteiger partial charge is 0.258 e. The number of aryl methyl sites for hydroxylation is 3. The Morgan fingerprint density at radius 3 is 2.15 bits per heavy atom. The first-order valence-corrected chi connectivity index (χ1v) is 8.68. The van der Waals surface area contributed by atoms with Crippen LogP contribution in [0.4, 0.5) is 5.69 Å². The fourth-order valence-electron chi connectivity index (χ4n) is 2.72. The van der Waals surface area contributed by atoms with Crippen molar-refractivity contribution < 1.29 is 14.3 Å². The van der Waals surface area contributed by atoms with Gasteiger partial charge in [-0.1, -0.05) is 23.8 Å². The van der Waals surface area contributed by atoms with Crippen molar-refractivity contribution in [3.8, 4) is 5.75 Å². The number of rotatable bonds is 7. The Morgan fingerprint density at radius 1 is 0.962 bits per heavy atom. The normalized spacial score (nSPS) is 10.3. The summed E-state index contributed by atoms with van der Waals surface area (Å²) in [4.78, 5) is 25.6. The van der Waals surface area contributed by atoms with Crippen molar-refractivity contribution in [3.63, 3.8) is 0 Å². The van der Waals surface area contributed by atoms with Crippen molar-refractivity contribution in [2.45, 2.75) is 27.7 Å². The van der Waals surface area contributed by atoms with Crippen LogP contribution in [0.15, 0.2) is 42.5 Å². The highest BCUT2D eigenvalue weighted by atomic mass is 16.5. The highest BCUT2D eigenvalue weighted by Gasteiger charge is 2.12. The standard InChI is InChI=1S/C21H26N2O3/c1-15-5-7-20(8-6-15)26-14-21(25)22-9-10-23(18(4)24)19-12-16(2)11-17(3)13-19/h5-8,11-13H,9-10,14H2,1-4H3,(H,22,25). The molecule has 0 fully saturated rings. The number of anilines is 1. The Labute approximate surface area is 155 Å². The number of hydrogen-bond donors (Lipinski definition) is 1. The molecule has 5 nitrogen and oxygen atoms in total. The summed E-state index contributed by atoms with van der Waals surface area (Å²) in [6.07, 6.45) is 0. The largest absolute Gasteiger partial charge is 0.484 e. The molecule has 2 amide bonds. The summed E-state index contributed by atoms with van der Waals surface area (Å²) in [7, 11) is 0. The van der Waals surface area contributed by atoms with E-state index in [0.29, 0.717) is 18.8 Å². The van der Waals surface area contributed by atoms with Crippen LogP contribution >= 0.6 is 0 Å². The Morgan fingerprint density at radius 2 is 1.58 bits per heavy atom. The summed E-state index contributed by atoms with van der Waals surface area (Å²) in [6.45, 7) is 8.24. The van der Waals surface area contributed by atoms with E-state index in [-0.39, 0.29) is 18.4 Å². The van der Waals surface area contributed by atoms with Gasteiger partial charge in [-0.05, 0) is 56.2 Å². The van der Waals surface area contributed by atoms with Gasteiger partial charge in [0.1, 0.15) is 5.75 Å². The number of carbonyl (C=O) groups is 2. The molecule has 0 saturated heterocycles. The number of ether oxygens (including phenoxy) is 1. The fourth-order valence-corrected chi connectivity index (χ4v) is 2.72. The van der Waals surface area contributed by atoms with E-state index < -0.39 is 0 Å². The summed E-state index contributed by atoms with van der Waals surface area (Å²) in [5.74, 6) is 0.390.